The number of benzene rings is 1. The molecular formula is C19H22Cl2N2O2. The quantitative estimate of drug-likeness (QED) is 0.690. The number of carbonyl (C=O) groups excluding carboxylic acids is 1. The van der Waals surface area contributed by atoms with E-state index in [1.54, 1.807) is 13.0 Å². The van der Waals surface area contributed by atoms with Gasteiger partial charge in [-0.25, -0.2) is 4.79 Å². The van der Waals surface area contributed by atoms with Gasteiger partial charge in [0.15, 0.2) is 0 Å². The zero-order chi connectivity index (χ0) is 18.0. The first-order valence-electron chi connectivity index (χ1n) is 8.73. The third-order valence-corrected chi connectivity index (χ3v) is 5.66. The van der Waals surface area contributed by atoms with Gasteiger partial charge < -0.3 is 10.1 Å². The van der Waals surface area contributed by atoms with Crippen LogP contribution in [0.2, 0.25) is 10.0 Å². The number of hydrogen-bond donors (Lipinski definition) is 1. The van der Waals surface area contributed by atoms with Crippen molar-refractivity contribution in [3.8, 4) is 0 Å². The molecule has 6 heteroatoms. The number of ether oxygens (including phenoxy) is 1. The molecule has 2 atom stereocenters. The van der Waals surface area contributed by atoms with Gasteiger partial charge >= 0.3 is 5.97 Å². The van der Waals surface area contributed by atoms with Crippen molar-refractivity contribution in [1.29, 1.82) is 0 Å². The summed E-state index contributed by atoms with van der Waals surface area (Å²) < 4.78 is 5.21. The monoisotopic (exact) mass is 380 g/mol. The highest BCUT2D eigenvalue weighted by Crippen LogP contribution is 2.37. The number of nitrogens with one attached hydrogen (secondary N) is 1. The number of carbonyl (C=O) groups is 1. The molecular weight excluding hydrogens is 359 g/mol. The van der Waals surface area contributed by atoms with Gasteiger partial charge in [0.2, 0.25) is 0 Å². The van der Waals surface area contributed by atoms with E-state index < -0.39 is 0 Å². The topological polar surface area (TPSA) is 51.2 Å². The van der Waals surface area contributed by atoms with Gasteiger partial charge in [0.05, 0.1) is 27.9 Å². The molecule has 0 amide bonds. The van der Waals surface area contributed by atoms with Crippen molar-refractivity contribution in [3.63, 3.8) is 0 Å². The lowest BCUT2D eigenvalue weighted by Gasteiger charge is -2.31. The van der Waals surface area contributed by atoms with Gasteiger partial charge in [-0.1, -0.05) is 43.0 Å². The van der Waals surface area contributed by atoms with E-state index in [1.807, 2.05) is 6.07 Å². The molecule has 0 radical (unpaired) electrons. The maximum Gasteiger partial charge on any atom is 0.341 e. The standard InChI is InChI=1S/C19H22Cl2N2O2/c1-3-25-19(24)13-10-22-18-12(8-9-14(20)16(18)21)17(13)23-15-7-5-4-6-11(15)2/h8-11,15H,3-7H2,1-2H3,(H,22,23). The second kappa shape index (κ2) is 7.79. The van der Waals surface area contributed by atoms with Gasteiger partial charge in [-0.05, 0) is 37.8 Å². The van der Waals surface area contributed by atoms with Crippen molar-refractivity contribution < 1.29 is 9.53 Å². The zero-order valence-electron chi connectivity index (χ0n) is 14.4. The molecule has 2 aromatic rings. The van der Waals surface area contributed by atoms with Crippen LogP contribution in [-0.2, 0) is 4.74 Å². The van der Waals surface area contributed by atoms with Gasteiger partial charge in [0.25, 0.3) is 0 Å². The molecule has 1 aromatic carbocycles. The first-order valence-corrected chi connectivity index (χ1v) is 9.48. The summed E-state index contributed by atoms with van der Waals surface area (Å²) in [5, 5.41) is 5.22. The summed E-state index contributed by atoms with van der Waals surface area (Å²) in [5.74, 6) is 0.156. The third-order valence-electron chi connectivity index (χ3n) is 4.87. The smallest absolute Gasteiger partial charge is 0.341 e. The number of hydrogen-bond acceptors (Lipinski definition) is 4. The predicted molar refractivity (Wildman–Crippen MR) is 103 cm³/mol. The lowest BCUT2D eigenvalue weighted by molar-refractivity contribution is 0.0527. The van der Waals surface area contributed by atoms with Crippen LogP contribution < -0.4 is 5.32 Å². The Hall–Kier alpha value is -1.52. The van der Waals surface area contributed by atoms with Crippen molar-refractivity contribution >= 4 is 45.8 Å². The van der Waals surface area contributed by atoms with Gasteiger partial charge in [-0.3, -0.25) is 4.98 Å². The van der Waals surface area contributed by atoms with E-state index in [0.717, 1.165) is 17.5 Å². The average Bonchev–Trinajstić information content (AvgIpc) is 2.60. The maximum atomic E-state index is 12.4. The van der Waals surface area contributed by atoms with Crippen LogP contribution in [0.1, 0.15) is 49.9 Å². The second-order valence-electron chi connectivity index (χ2n) is 6.54. The number of esters is 1. The molecule has 0 aliphatic heterocycles. The number of anilines is 1. The van der Waals surface area contributed by atoms with E-state index in [0.29, 0.717) is 39.7 Å². The fraction of sp³-hybridized carbons (Fsp3) is 0.474. The summed E-state index contributed by atoms with van der Waals surface area (Å²) in [5.41, 5.74) is 1.76. The van der Waals surface area contributed by atoms with Crippen LogP contribution in [0.5, 0.6) is 0 Å². The van der Waals surface area contributed by atoms with E-state index in [1.165, 1.54) is 25.5 Å². The summed E-state index contributed by atoms with van der Waals surface area (Å²) in [4.78, 5) is 16.8. The van der Waals surface area contributed by atoms with Crippen LogP contribution in [0, 0.1) is 5.92 Å². The number of rotatable bonds is 4. The van der Waals surface area contributed by atoms with E-state index in [2.05, 4.69) is 17.2 Å². The molecule has 3 rings (SSSR count). The molecule has 25 heavy (non-hydrogen) atoms. The summed E-state index contributed by atoms with van der Waals surface area (Å²) in [6, 6.07) is 3.90. The summed E-state index contributed by atoms with van der Waals surface area (Å²) in [6.07, 6.45) is 6.23. The number of pyridine rings is 1. The van der Waals surface area contributed by atoms with Crippen LogP contribution in [0.25, 0.3) is 10.9 Å². The lowest BCUT2D eigenvalue weighted by atomic mass is 9.85. The molecule has 1 heterocycles. The number of fused-ring (bicyclic) bond motifs is 1. The predicted octanol–water partition coefficient (Wildman–Crippen LogP) is 5.71. The highest BCUT2D eigenvalue weighted by atomic mass is 35.5. The van der Waals surface area contributed by atoms with Crippen LogP contribution in [0.15, 0.2) is 18.3 Å². The molecule has 1 saturated carbocycles. The molecule has 1 fully saturated rings. The number of nitrogens with zero attached hydrogens (tertiary/aromatic N) is 1. The highest BCUT2D eigenvalue weighted by molar-refractivity contribution is 6.45. The van der Waals surface area contributed by atoms with Gasteiger partial charge in [-0.15, -0.1) is 0 Å². The average molecular weight is 381 g/mol. The Morgan fingerprint density at radius 1 is 1.32 bits per heavy atom. The Balaban J connectivity index is 2.11. The first-order chi connectivity index (χ1) is 12.0. The van der Waals surface area contributed by atoms with Crippen molar-refractivity contribution in [3.05, 3.63) is 33.9 Å². The molecule has 0 bridgehead atoms. The molecule has 1 aromatic heterocycles. The number of halogens is 2. The summed E-state index contributed by atoms with van der Waals surface area (Å²) in [7, 11) is 0. The highest BCUT2D eigenvalue weighted by Gasteiger charge is 2.25. The van der Waals surface area contributed by atoms with Crippen molar-refractivity contribution in [2.45, 2.75) is 45.6 Å². The summed E-state index contributed by atoms with van der Waals surface area (Å²) >= 11 is 12.4. The van der Waals surface area contributed by atoms with Gasteiger partial charge in [0, 0.05) is 17.6 Å². The van der Waals surface area contributed by atoms with Gasteiger partial charge in [0.1, 0.15) is 5.56 Å². The Kier molecular flexibility index (Phi) is 5.70. The SMILES string of the molecule is CCOC(=O)c1cnc2c(Cl)c(Cl)ccc2c1NC1CCCCC1C. The minimum Gasteiger partial charge on any atom is -0.462 e. The molecule has 1 N–H and O–H groups in total. The molecule has 2 unspecified atom stereocenters. The fourth-order valence-electron chi connectivity index (χ4n) is 3.44. The zero-order valence-corrected chi connectivity index (χ0v) is 16.0. The van der Waals surface area contributed by atoms with Crippen molar-refractivity contribution in [1.82, 2.24) is 4.98 Å². The molecule has 1 aliphatic carbocycles. The van der Waals surface area contributed by atoms with E-state index >= 15 is 0 Å². The third kappa shape index (κ3) is 3.70. The minimum atomic E-state index is -0.381. The normalized spacial score (nSPS) is 20.5. The van der Waals surface area contributed by atoms with E-state index in [-0.39, 0.29) is 5.97 Å². The van der Waals surface area contributed by atoms with Gasteiger partial charge in [-0.2, -0.15) is 0 Å². The Labute approximate surface area is 157 Å². The molecule has 1 aliphatic rings. The minimum absolute atomic E-state index is 0.307. The van der Waals surface area contributed by atoms with Crippen LogP contribution in [-0.4, -0.2) is 23.6 Å². The molecule has 4 nitrogen and oxygen atoms in total. The fourth-order valence-corrected chi connectivity index (χ4v) is 3.81. The Morgan fingerprint density at radius 2 is 2.08 bits per heavy atom. The largest absolute Gasteiger partial charge is 0.462 e. The van der Waals surface area contributed by atoms with Crippen LogP contribution in [0.3, 0.4) is 0 Å². The van der Waals surface area contributed by atoms with Crippen LogP contribution >= 0.6 is 23.2 Å². The maximum absolute atomic E-state index is 12.4. The lowest BCUT2D eigenvalue weighted by Crippen LogP contribution is -2.31. The molecule has 0 saturated heterocycles. The molecule has 0 spiro atoms. The van der Waals surface area contributed by atoms with E-state index in [9.17, 15) is 4.79 Å². The first kappa shape index (κ1) is 18.3. The number of aromatic nitrogens is 1. The Bertz CT molecular complexity index is 795. The Morgan fingerprint density at radius 3 is 2.80 bits per heavy atom. The van der Waals surface area contributed by atoms with E-state index in [4.69, 9.17) is 27.9 Å². The van der Waals surface area contributed by atoms with Crippen LogP contribution in [0.4, 0.5) is 5.69 Å². The summed E-state index contributed by atoms with van der Waals surface area (Å²) in [6.45, 7) is 4.35. The second-order valence-corrected chi connectivity index (χ2v) is 7.32. The van der Waals surface area contributed by atoms with Crippen molar-refractivity contribution in [2.75, 3.05) is 11.9 Å². The molecule has 134 valence electrons. The van der Waals surface area contributed by atoms with Crippen molar-refractivity contribution in [2.24, 2.45) is 5.92 Å².